The van der Waals surface area contributed by atoms with Crippen molar-refractivity contribution >= 4 is 17.9 Å². The maximum atomic E-state index is 12.8. The highest BCUT2D eigenvalue weighted by Gasteiger charge is 2.19. The molecule has 6 heteroatoms. The zero-order valence-corrected chi connectivity index (χ0v) is 44.7. The lowest BCUT2D eigenvalue weighted by Gasteiger charge is -2.18. The van der Waals surface area contributed by atoms with Crippen molar-refractivity contribution in [3.63, 3.8) is 0 Å². The summed E-state index contributed by atoms with van der Waals surface area (Å²) in [6.45, 7) is 6.33. The van der Waals surface area contributed by atoms with E-state index in [1.807, 2.05) is 12.2 Å². The smallest absolute Gasteiger partial charge is 0.306 e. The molecular formula is C64H100O6. The van der Waals surface area contributed by atoms with Gasteiger partial charge in [-0.05, 0) is 128 Å². The summed E-state index contributed by atoms with van der Waals surface area (Å²) in [5.41, 5.74) is 0. The van der Waals surface area contributed by atoms with Crippen LogP contribution in [-0.2, 0) is 28.6 Å². The molecule has 0 heterocycles. The molecule has 0 spiro atoms. The van der Waals surface area contributed by atoms with E-state index in [0.717, 1.165) is 122 Å². The molecule has 0 N–H and O–H groups in total. The molecule has 0 aromatic carbocycles. The van der Waals surface area contributed by atoms with Crippen LogP contribution in [-0.4, -0.2) is 37.2 Å². The average molecular weight is 965 g/mol. The van der Waals surface area contributed by atoms with E-state index < -0.39 is 6.10 Å². The van der Waals surface area contributed by atoms with E-state index in [1.165, 1.54) is 44.9 Å². The lowest BCUT2D eigenvalue weighted by Crippen LogP contribution is -2.30. The lowest BCUT2D eigenvalue weighted by molar-refractivity contribution is -0.166. The van der Waals surface area contributed by atoms with Crippen molar-refractivity contribution in [2.75, 3.05) is 13.2 Å². The second-order valence-electron chi connectivity index (χ2n) is 17.7. The summed E-state index contributed by atoms with van der Waals surface area (Å²) in [6, 6.07) is 0. The molecule has 0 rings (SSSR count). The van der Waals surface area contributed by atoms with Gasteiger partial charge in [0.2, 0.25) is 0 Å². The Bertz CT molecular complexity index is 1580. The van der Waals surface area contributed by atoms with Crippen molar-refractivity contribution in [3.8, 4) is 0 Å². The second kappa shape index (κ2) is 56.9. The lowest BCUT2D eigenvalue weighted by atomic mass is 10.1. The van der Waals surface area contributed by atoms with Gasteiger partial charge >= 0.3 is 17.9 Å². The van der Waals surface area contributed by atoms with Crippen LogP contribution in [0.25, 0.3) is 0 Å². The Morgan fingerprint density at radius 3 is 1.01 bits per heavy atom. The summed E-state index contributed by atoms with van der Waals surface area (Å²) in [5, 5.41) is 0. The van der Waals surface area contributed by atoms with E-state index >= 15 is 0 Å². The SMILES string of the molecule is CC/C=C\C/C=C\C/C=C\C/C=C\C/C=C\C/C=C\CCC(=O)OC[C@@H](COC(=O)CCCCCCC/C=C\C/C=C\CCCC)OC(=O)CCCCC/C=C\C/C=C\C/C=C\C/C=C\CCCCC. The van der Waals surface area contributed by atoms with Gasteiger partial charge in [-0.15, -0.1) is 0 Å². The first-order valence-corrected chi connectivity index (χ1v) is 27.8. The monoisotopic (exact) mass is 965 g/mol. The van der Waals surface area contributed by atoms with Crippen LogP contribution < -0.4 is 0 Å². The van der Waals surface area contributed by atoms with Gasteiger partial charge in [0.15, 0.2) is 6.10 Å². The molecule has 0 saturated heterocycles. The molecule has 0 amide bonds. The van der Waals surface area contributed by atoms with Crippen molar-refractivity contribution in [2.45, 2.75) is 226 Å². The van der Waals surface area contributed by atoms with Crippen LogP contribution in [0, 0.1) is 0 Å². The zero-order valence-electron chi connectivity index (χ0n) is 44.7. The molecule has 0 fully saturated rings. The van der Waals surface area contributed by atoms with E-state index in [-0.39, 0.29) is 44.0 Å². The summed E-state index contributed by atoms with van der Waals surface area (Å²) in [5.74, 6) is -1.07. The number of carbonyl (C=O) groups excluding carboxylic acids is 3. The van der Waals surface area contributed by atoms with Gasteiger partial charge < -0.3 is 14.2 Å². The summed E-state index contributed by atoms with van der Waals surface area (Å²) < 4.78 is 16.7. The van der Waals surface area contributed by atoms with Crippen molar-refractivity contribution in [2.24, 2.45) is 0 Å². The summed E-state index contributed by atoms with van der Waals surface area (Å²) in [7, 11) is 0. The number of rotatable bonds is 48. The standard InChI is InChI=1S/C64H100O6/c1-4-7-10-13-16-19-22-25-28-30-32-34-36-39-42-45-48-51-54-57-63(66)69-60-61(59-68-62(65)56-53-50-47-44-41-38-27-24-21-18-15-12-9-6-3)70-64(67)58-55-52-49-46-43-40-37-35-33-31-29-26-23-20-17-14-11-8-5-2/h7,10,15-20,24-29,32-35,39-40,42-43,48,51,61H,4-6,8-9,11-14,21-23,30-31,36-38,41,44-47,49-50,52-60H2,1-3H3/b10-7-,18-15-,19-16-,20-17-,27-24-,28-25-,29-26-,34-32-,35-33-,42-39-,43-40-,51-48-/t61-/m1/s1. The maximum absolute atomic E-state index is 12.8. The van der Waals surface area contributed by atoms with Gasteiger partial charge in [-0.25, -0.2) is 0 Å². The van der Waals surface area contributed by atoms with Crippen molar-refractivity contribution < 1.29 is 28.6 Å². The molecular weight excluding hydrogens is 865 g/mol. The van der Waals surface area contributed by atoms with Crippen LogP contribution in [0.15, 0.2) is 146 Å². The summed E-state index contributed by atoms with van der Waals surface area (Å²) in [6.07, 6.45) is 81.3. The van der Waals surface area contributed by atoms with Gasteiger partial charge in [-0.2, -0.15) is 0 Å². The molecule has 0 aromatic heterocycles. The predicted molar refractivity (Wildman–Crippen MR) is 302 cm³/mol. The molecule has 0 aliphatic heterocycles. The Labute approximate surface area is 429 Å². The van der Waals surface area contributed by atoms with Gasteiger partial charge in [0.1, 0.15) is 13.2 Å². The third-order valence-corrected chi connectivity index (χ3v) is 11.1. The minimum absolute atomic E-state index is 0.128. The molecule has 0 bridgehead atoms. The van der Waals surface area contributed by atoms with Crippen LogP contribution in [0.3, 0.4) is 0 Å². The number of hydrogen-bond donors (Lipinski definition) is 0. The van der Waals surface area contributed by atoms with Crippen molar-refractivity contribution in [3.05, 3.63) is 146 Å². The summed E-state index contributed by atoms with van der Waals surface area (Å²) in [4.78, 5) is 38.1. The van der Waals surface area contributed by atoms with Crippen LogP contribution in [0.4, 0.5) is 0 Å². The van der Waals surface area contributed by atoms with Crippen molar-refractivity contribution in [1.29, 1.82) is 0 Å². The second-order valence-corrected chi connectivity index (χ2v) is 17.7. The van der Waals surface area contributed by atoms with Gasteiger partial charge in [0.25, 0.3) is 0 Å². The summed E-state index contributed by atoms with van der Waals surface area (Å²) >= 11 is 0. The molecule has 0 aromatic rings. The maximum Gasteiger partial charge on any atom is 0.306 e. The molecule has 1 atom stereocenters. The van der Waals surface area contributed by atoms with E-state index in [9.17, 15) is 14.4 Å². The first-order valence-electron chi connectivity index (χ1n) is 27.8. The Morgan fingerprint density at radius 2 is 0.600 bits per heavy atom. The van der Waals surface area contributed by atoms with Crippen LogP contribution in [0.2, 0.25) is 0 Å². The van der Waals surface area contributed by atoms with Crippen molar-refractivity contribution in [1.82, 2.24) is 0 Å². The van der Waals surface area contributed by atoms with Crippen LogP contribution >= 0.6 is 0 Å². The number of carbonyl (C=O) groups is 3. The highest BCUT2D eigenvalue weighted by Crippen LogP contribution is 2.12. The fourth-order valence-electron chi connectivity index (χ4n) is 6.88. The van der Waals surface area contributed by atoms with Gasteiger partial charge in [0.05, 0.1) is 0 Å². The fourth-order valence-corrected chi connectivity index (χ4v) is 6.88. The number of allylic oxidation sites excluding steroid dienone is 24. The average Bonchev–Trinajstić information content (AvgIpc) is 3.36. The quantitative estimate of drug-likeness (QED) is 0.0262. The van der Waals surface area contributed by atoms with Gasteiger partial charge in [0, 0.05) is 19.3 Å². The zero-order chi connectivity index (χ0) is 50.7. The van der Waals surface area contributed by atoms with Gasteiger partial charge in [-0.1, -0.05) is 218 Å². The number of esters is 3. The Hall–Kier alpha value is -4.71. The molecule has 0 aliphatic carbocycles. The Balaban J connectivity index is 4.61. The molecule has 0 aliphatic rings. The minimum atomic E-state index is -0.838. The van der Waals surface area contributed by atoms with Gasteiger partial charge in [-0.3, -0.25) is 14.4 Å². The first-order chi connectivity index (χ1) is 34.5. The highest BCUT2D eigenvalue weighted by molar-refractivity contribution is 5.71. The third-order valence-electron chi connectivity index (χ3n) is 11.1. The van der Waals surface area contributed by atoms with Crippen LogP contribution in [0.1, 0.15) is 220 Å². The third kappa shape index (κ3) is 54.2. The predicted octanol–water partition coefficient (Wildman–Crippen LogP) is 18.8. The van der Waals surface area contributed by atoms with E-state index in [1.54, 1.807) is 0 Å². The molecule has 0 saturated carbocycles. The van der Waals surface area contributed by atoms with E-state index in [2.05, 4.69) is 154 Å². The molecule has 70 heavy (non-hydrogen) atoms. The molecule has 6 nitrogen and oxygen atoms in total. The minimum Gasteiger partial charge on any atom is -0.462 e. The normalized spacial score (nSPS) is 13.2. The molecule has 0 unspecified atom stereocenters. The first kappa shape index (κ1) is 65.3. The van der Waals surface area contributed by atoms with Crippen LogP contribution in [0.5, 0.6) is 0 Å². The topological polar surface area (TPSA) is 78.9 Å². The number of unbranched alkanes of at least 4 members (excludes halogenated alkanes) is 13. The largest absolute Gasteiger partial charge is 0.462 e. The van der Waals surface area contributed by atoms with E-state index in [4.69, 9.17) is 14.2 Å². The highest BCUT2D eigenvalue weighted by atomic mass is 16.6. The Kier molecular flexibility index (Phi) is 53.0. The Morgan fingerprint density at radius 1 is 0.300 bits per heavy atom. The van der Waals surface area contributed by atoms with E-state index in [0.29, 0.717) is 19.3 Å². The molecule has 392 valence electrons. The number of hydrogen-bond acceptors (Lipinski definition) is 6. The number of ether oxygens (including phenoxy) is 3. The molecule has 0 radical (unpaired) electrons. The fraction of sp³-hybridized carbons (Fsp3) is 0.578.